The Bertz CT molecular complexity index is 613. The number of phenolic OH excluding ortho intramolecular Hbond substituents is 1. The maximum atomic E-state index is 11.9. The number of hydrogen-bond acceptors (Lipinski definition) is 5. The van der Waals surface area contributed by atoms with E-state index in [1.807, 2.05) is 0 Å². The molecule has 2 unspecified atom stereocenters. The number of piperidine rings is 1. The lowest BCUT2D eigenvalue weighted by Gasteiger charge is -2.28. The van der Waals surface area contributed by atoms with E-state index in [2.05, 4.69) is 10.0 Å². The van der Waals surface area contributed by atoms with Gasteiger partial charge >= 0.3 is 10.2 Å². The van der Waals surface area contributed by atoms with E-state index >= 15 is 0 Å². The Morgan fingerprint density at radius 2 is 2.09 bits per heavy atom. The van der Waals surface area contributed by atoms with Crippen molar-refractivity contribution in [2.75, 3.05) is 25.4 Å². The van der Waals surface area contributed by atoms with Crippen LogP contribution in [0.3, 0.4) is 0 Å². The minimum absolute atomic E-state index is 0.0565. The van der Waals surface area contributed by atoms with Crippen molar-refractivity contribution in [3.63, 3.8) is 0 Å². The summed E-state index contributed by atoms with van der Waals surface area (Å²) in [7, 11) is -0.929. The predicted octanol–water partition coefficient (Wildman–Crippen LogP) is 0.786. The fourth-order valence-corrected chi connectivity index (χ4v) is 3.05. The maximum absolute atomic E-state index is 11.9. The third-order valence-electron chi connectivity index (χ3n) is 3.81. The molecule has 2 rings (SSSR count). The molecule has 0 bridgehead atoms. The Labute approximate surface area is 131 Å². The molecule has 2 atom stereocenters. The predicted molar refractivity (Wildman–Crippen MR) is 84.9 cm³/mol. The molecule has 1 aromatic carbocycles. The third kappa shape index (κ3) is 3.89. The molecule has 124 valence electrons. The van der Waals surface area contributed by atoms with Gasteiger partial charge in [-0.15, -0.1) is 0 Å². The van der Waals surface area contributed by atoms with Crippen LogP contribution >= 0.6 is 0 Å². The summed E-state index contributed by atoms with van der Waals surface area (Å²) in [5, 5.41) is 23.5. The van der Waals surface area contributed by atoms with Gasteiger partial charge in [0.25, 0.3) is 0 Å². The number of nitrogens with one attached hydrogen (secondary N) is 2. The zero-order valence-electron chi connectivity index (χ0n) is 12.8. The molecule has 1 fully saturated rings. The molecule has 0 aromatic heterocycles. The Kier molecular flexibility index (Phi) is 5.28. The molecule has 0 amide bonds. The van der Waals surface area contributed by atoms with Crippen LogP contribution in [0, 0.1) is 0 Å². The van der Waals surface area contributed by atoms with Crippen molar-refractivity contribution in [3.8, 4) is 5.75 Å². The molecule has 1 saturated heterocycles. The first-order valence-corrected chi connectivity index (χ1v) is 8.70. The van der Waals surface area contributed by atoms with Crippen LogP contribution in [0.4, 0.5) is 5.69 Å². The first kappa shape index (κ1) is 17.0. The summed E-state index contributed by atoms with van der Waals surface area (Å²) in [6.07, 6.45) is 2.25. The van der Waals surface area contributed by atoms with Crippen molar-refractivity contribution in [2.45, 2.75) is 31.4 Å². The molecule has 4 N–H and O–H groups in total. The first-order chi connectivity index (χ1) is 10.3. The summed E-state index contributed by atoms with van der Waals surface area (Å²) in [6, 6.07) is 4.40. The fourth-order valence-electron chi connectivity index (χ4n) is 2.43. The minimum Gasteiger partial charge on any atom is -0.506 e. The highest BCUT2D eigenvalue weighted by atomic mass is 32.2. The summed E-state index contributed by atoms with van der Waals surface area (Å²) in [4.78, 5) is 0. The zero-order valence-corrected chi connectivity index (χ0v) is 13.6. The van der Waals surface area contributed by atoms with Crippen molar-refractivity contribution in [1.29, 1.82) is 0 Å². The molecule has 0 aliphatic carbocycles. The van der Waals surface area contributed by atoms with Crippen LogP contribution in [0.25, 0.3) is 0 Å². The second kappa shape index (κ2) is 6.82. The number of rotatable bonds is 5. The lowest BCUT2D eigenvalue weighted by molar-refractivity contribution is 0.114. The van der Waals surface area contributed by atoms with Gasteiger partial charge in [0, 0.05) is 20.1 Å². The number of aliphatic hydroxyl groups excluding tert-OH is 1. The summed E-state index contributed by atoms with van der Waals surface area (Å²) >= 11 is 0. The number of hydrogen-bond donors (Lipinski definition) is 4. The average molecular weight is 329 g/mol. The Morgan fingerprint density at radius 3 is 2.68 bits per heavy atom. The van der Waals surface area contributed by atoms with Crippen LogP contribution in [0.5, 0.6) is 5.75 Å². The van der Waals surface area contributed by atoms with E-state index in [9.17, 15) is 18.6 Å². The quantitative estimate of drug-likeness (QED) is 0.598. The Morgan fingerprint density at radius 1 is 1.36 bits per heavy atom. The number of anilines is 1. The Hall–Kier alpha value is -1.35. The SMILES string of the molecule is CN(C)S(=O)(=O)Nc1cc(C(O)C2CCCCN2)ccc1O. The number of nitrogens with zero attached hydrogens (tertiary/aromatic N) is 1. The van der Waals surface area contributed by atoms with E-state index in [0.29, 0.717) is 5.56 Å². The van der Waals surface area contributed by atoms with Gasteiger partial charge in [-0.3, -0.25) is 4.72 Å². The van der Waals surface area contributed by atoms with Crippen LogP contribution in [0.15, 0.2) is 18.2 Å². The standard InChI is InChI=1S/C14H23N3O4S/c1-17(2)22(20,21)16-12-9-10(6-7-13(12)18)14(19)11-5-3-4-8-15-11/h6-7,9,11,14-16,18-19H,3-5,8H2,1-2H3. The largest absolute Gasteiger partial charge is 0.506 e. The van der Waals surface area contributed by atoms with Crippen molar-refractivity contribution >= 4 is 15.9 Å². The lowest BCUT2D eigenvalue weighted by Crippen LogP contribution is -2.38. The molecule has 22 heavy (non-hydrogen) atoms. The monoisotopic (exact) mass is 329 g/mol. The molecule has 1 heterocycles. The normalized spacial score (nSPS) is 20.8. The van der Waals surface area contributed by atoms with Gasteiger partial charge in [0.2, 0.25) is 0 Å². The van der Waals surface area contributed by atoms with Crippen molar-refractivity contribution < 1.29 is 18.6 Å². The van der Waals surface area contributed by atoms with E-state index in [1.165, 1.54) is 26.2 Å². The number of phenols is 1. The molecular weight excluding hydrogens is 306 g/mol. The van der Waals surface area contributed by atoms with E-state index < -0.39 is 16.3 Å². The summed E-state index contributed by atoms with van der Waals surface area (Å²) < 4.78 is 27.0. The van der Waals surface area contributed by atoms with Crippen LogP contribution in [0.2, 0.25) is 0 Å². The van der Waals surface area contributed by atoms with Crippen LogP contribution in [0.1, 0.15) is 30.9 Å². The van der Waals surface area contributed by atoms with E-state index in [1.54, 1.807) is 6.07 Å². The van der Waals surface area contributed by atoms with Gasteiger partial charge in [-0.05, 0) is 37.1 Å². The molecule has 1 aliphatic heterocycles. The highest BCUT2D eigenvalue weighted by Gasteiger charge is 2.24. The van der Waals surface area contributed by atoms with Crippen LogP contribution in [-0.4, -0.2) is 49.6 Å². The van der Waals surface area contributed by atoms with Crippen molar-refractivity contribution in [1.82, 2.24) is 9.62 Å². The summed E-state index contributed by atoms with van der Waals surface area (Å²) in [6.45, 7) is 0.861. The Balaban J connectivity index is 2.22. The molecule has 1 aliphatic rings. The van der Waals surface area contributed by atoms with Gasteiger partial charge in [0.1, 0.15) is 5.75 Å². The second-order valence-corrected chi connectivity index (χ2v) is 7.55. The molecule has 0 radical (unpaired) electrons. The van der Waals surface area contributed by atoms with Gasteiger partial charge in [0.05, 0.1) is 11.8 Å². The highest BCUT2D eigenvalue weighted by Crippen LogP contribution is 2.30. The third-order valence-corrected chi connectivity index (χ3v) is 5.25. The van der Waals surface area contributed by atoms with Gasteiger partial charge in [-0.1, -0.05) is 12.5 Å². The average Bonchev–Trinajstić information content (AvgIpc) is 2.49. The number of aromatic hydroxyl groups is 1. The lowest BCUT2D eigenvalue weighted by atomic mass is 9.94. The van der Waals surface area contributed by atoms with Crippen LogP contribution in [-0.2, 0) is 10.2 Å². The van der Waals surface area contributed by atoms with Gasteiger partial charge in [-0.2, -0.15) is 12.7 Å². The number of aliphatic hydroxyl groups is 1. The molecule has 0 spiro atoms. The molecule has 0 saturated carbocycles. The van der Waals surface area contributed by atoms with Crippen molar-refractivity contribution in [3.05, 3.63) is 23.8 Å². The molecule has 7 nitrogen and oxygen atoms in total. The van der Waals surface area contributed by atoms with E-state index in [4.69, 9.17) is 0 Å². The van der Waals surface area contributed by atoms with Gasteiger partial charge in [0.15, 0.2) is 0 Å². The minimum atomic E-state index is -3.71. The van der Waals surface area contributed by atoms with E-state index in [-0.39, 0.29) is 17.5 Å². The van der Waals surface area contributed by atoms with Crippen molar-refractivity contribution in [2.24, 2.45) is 0 Å². The topological polar surface area (TPSA) is 102 Å². The highest BCUT2D eigenvalue weighted by molar-refractivity contribution is 7.90. The summed E-state index contributed by atoms with van der Waals surface area (Å²) in [5.74, 6) is -0.182. The molecular formula is C14H23N3O4S. The first-order valence-electron chi connectivity index (χ1n) is 7.26. The smallest absolute Gasteiger partial charge is 0.301 e. The molecule has 1 aromatic rings. The van der Waals surface area contributed by atoms with Crippen LogP contribution < -0.4 is 10.0 Å². The number of benzene rings is 1. The fraction of sp³-hybridized carbons (Fsp3) is 0.571. The van der Waals surface area contributed by atoms with Gasteiger partial charge in [-0.25, -0.2) is 0 Å². The summed E-state index contributed by atoms with van der Waals surface area (Å²) in [5.41, 5.74) is 0.620. The maximum Gasteiger partial charge on any atom is 0.301 e. The van der Waals surface area contributed by atoms with E-state index in [0.717, 1.165) is 30.1 Å². The zero-order chi connectivity index (χ0) is 16.3. The van der Waals surface area contributed by atoms with Gasteiger partial charge < -0.3 is 15.5 Å². The molecule has 8 heteroatoms. The second-order valence-electron chi connectivity index (χ2n) is 5.67.